The quantitative estimate of drug-likeness (QED) is 0.778. The Hall–Kier alpha value is -0.890. The van der Waals surface area contributed by atoms with E-state index in [-0.39, 0.29) is 5.41 Å². The maximum absolute atomic E-state index is 12.1. The van der Waals surface area contributed by atoms with Gasteiger partial charge in [-0.3, -0.25) is 4.79 Å². The van der Waals surface area contributed by atoms with E-state index in [2.05, 4.69) is 24.8 Å². The van der Waals surface area contributed by atoms with Crippen LogP contribution in [0.5, 0.6) is 0 Å². The number of likely N-dealkylation sites (tertiary alicyclic amines) is 1. The van der Waals surface area contributed by atoms with Crippen LogP contribution < -0.4 is 0 Å². The van der Waals surface area contributed by atoms with Crippen LogP contribution in [0.15, 0.2) is 22.8 Å². The number of nitrogens with zero attached hydrogens (tertiary/aromatic N) is 1. The molecule has 0 aromatic rings. The molecular weight excluding hydrogens is 258 g/mol. The van der Waals surface area contributed by atoms with Gasteiger partial charge in [-0.05, 0) is 74.6 Å². The van der Waals surface area contributed by atoms with E-state index in [1.807, 2.05) is 6.92 Å². The van der Waals surface area contributed by atoms with Gasteiger partial charge in [0.15, 0.2) is 5.78 Å². The molecule has 0 spiro atoms. The van der Waals surface area contributed by atoms with Crippen LogP contribution in [0.4, 0.5) is 0 Å². The summed E-state index contributed by atoms with van der Waals surface area (Å²) in [6, 6.07) is 0. The number of hydrogen-bond acceptors (Lipinski definition) is 2. The summed E-state index contributed by atoms with van der Waals surface area (Å²) in [5, 5.41) is 0. The summed E-state index contributed by atoms with van der Waals surface area (Å²) in [6.45, 7) is 10.5. The Kier molecular flexibility index (Phi) is 4.09. The molecule has 1 aliphatic heterocycles. The molecule has 116 valence electrons. The minimum Gasteiger partial charge on any atom is -0.303 e. The van der Waals surface area contributed by atoms with Crippen molar-refractivity contribution in [2.24, 2.45) is 11.3 Å². The van der Waals surface area contributed by atoms with Gasteiger partial charge in [0.1, 0.15) is 0 Å². The van der Waals surface area contributed by atoms with E-state index >= 15 is 0 Å². The van der Waals surface area contributed by atoms with Gasteiger partial charge >= 0.3 is 0 Å². The molecule has 0 unspecified atom stereocenters. The molecule has 0 bridgehead atoms. The number of fused-ring (bicyclic) bond motifs is 1. The van der Waals surface area contributed by atoms with Crippen LogP contribution >= 0.6 is 0 Å². The summed E-state index contributed by atoms with van der Waals surface area (Å²) in [5.41, 5.74) is 4.22. The fraction of sp³-hybridized carbons (Fsp3) is 0.737. The maximum atomic E-state index is 12.1. The molecule has 0 aromatic carbocycles. The predicted octanol–water partition coefficient (Wildman–Crippen LogP) is 4.12. The van der Waals surface area contributed by atoms with Gasteiger partial charge in [0.2, 0.25) is 0 Å². The number of carbonyl (C=O) groups excluding carboxylic acids is 1. The zero-order chi connectivity index (χ0) is 15.0. The first kappa shape index (κ1) is 15.0. The minimum absolute atomic E-state index is 0.259. The molecule has 0 aromatic heterocycles. The van der Waals surface area contributed by atoms with E-state index < -0.39 is 0 Å². The Bertz CT molecular complexity index is 496. The maximum Gasteiger partial charge on any atom is 0.158 e. The Labute approximate surface area is 129 Å². The molecular formula is C19H29NO. The highest BCUT2D eigenvalue weighted by molar-refractivity contribution is 5.97. The summed E-state index contributed by atoms with van der Waals surface area (Å²) in [6.07, 6.45) is 9.36. The molecule has 0 saturated carbocycles. The standard InChI is InChI=1S/C19H29NO/c1-14(13-20-10-4-5-11-20)16-6-8-19(3)9-7-18(21)15(2)17(19)12-16/h12,14H,4-11,13H2,1-3H3/t14-,19+/m1/s1. The summed E-state index contributed by atoms with van der Waals surface area (Å²) >= 11 is 0. The third kappa shape index (κ3) is 2.88. The fourth-order valence-corrected chi connectivity index (χ4v) is 4.39. The molecule has 2 nitrogen and oxygen atoms in total. The van der Waals surface area contributed by atoms with E-state index in [4.69, 9.17) is 0 Å². The third-order valence-corrected chi connectivity index (χ3v) is 6.04. The Morgan fingerprint density at radius 1 is 1.24 bits per heavy atom. The first-order valence-electron chi connectivity index (χ1n) is 8.67. The van der Waals surface area contributed by atoms with Crippen molar-refractivity contribution in [3.05, 3.63) is 22.8 Å². The van der Waals surface area contributed by atoms with Gasteiger partial charge in [0, 0.05) is 13.0 Å². The molecule has 21 heavy (non-hydrogen) atoms. The Morgan fingerprint density at radius 2 is 1.90 bits per heavy atom. The van der Waals surface area contributed by atoms with Crippen LogP contribution in [0.2, 0.25) is 0 Å². The number of ketones is 1. The van der Waals surface area contributed by atoms with Crippen molar-refractivity contribution in [1.29, 1.82) is 0 Å². The van der Waals surface area contributed by atoms with E-state index in [9.17, 15) is 4.79 Å². The van der Waals surface area contributed by atoms with Crippen LogP contribution in [0.3, 0.4) is 0 Å². The van der Waals surface area contributed by atoms with Gasteiger partial charge in [0.05, 0.1) is 0 Å². The van der Waals surface area contributed by atoms with Crippen molar-refractivity contribution in [1.82, 2.24) is 4.90 Å². The molecule has 0 radical (unpaired) electrons. The molecule has 3 rings (SSSR count). The van der Waals surface area contributed by atoms with Crippen LogP contribution in [0, 0.1) is 11.3 Å². The highest BCUT2D eigenvalue weighted by atomic mass is 16.1. The number of carbonyl (C=O) groups is 1. The number of hydrogen-bond donors (Lipinski definition) is 0. The molecule has 0 amide bonds. The topological polar surface area (TPSA) is 20.3 Å². The minimum atomic E-state index is 0.259. The number of rotatable bonds is 3. The molecule has 2 atom stereocenters. The molecule has 2 aliphatic carbocycles. The van der Waals surface area contributed by atoms with Gasteiger partial charge in [0.25, 0.3) is 0 Å². The van der Waals surface area contributed by atoms with Crippen LogP contribution in [-0.2, 0) is 4.79 Å². The fourth-order valence-electron chi connectivity index (χ4n) is 4.39. The highest BCUT2D eigenvalue weighted by Crippen LogP contribution is 2.48. The van der Waals surface area contributed by atoms with Crippen molar-refractivity contribution in [3.8, 4) is 0 Å². The van der Waals surface area contributed by atoms with Crippen LogP contribution in [-0.4, -0.2) is 30.3 Å². The SMILES string of the molecule is CC1=C2C=C([C@H](C)CN3CCCC3)CC[C@@]2(C)CCC1=O. The average Bonchev–Trinajstić information content (AvgIpc) is 2.96. The number of Topliss-reactive ketones (excluding diaryl/α,β-unsaturated/α-hetero) is 1. The van der Waals surface area contributed by atoms with Gasteiger partial charge in [-0.25, -0.2) is 0 Å². The lowest BCUT2D eigenvalue weighted by atomic mass is 9.64. The second-order valence-corrected chi connectivity index (χ2v) is 7.65. The third-order valence-electron chi connectivity index (χ3n) is 6.04. The molecule has 0 N–H and O–H groups in total. The van der Waals surface area contributed by atoms with Crippen molar-refractivity contribution < 1.29 is 4.79 Å². The zero-order valence-corrected chi connectivity index (χ0v) is 13.9. The van der Waals surface area contributed by atoms with E-state index in [0.717, 1.165) is 18.4 Å². The average molecular weight is 287 g/mol. The lowest BCUT2D eigenvalue weighted by molar-refractivity contribution is -0.116. The first-order chi connectivity index (χ1) is 9.99. The zero-order valence-electron chi connectivity index (χ0n) is 13.9. The summed E-state index contributed by atoms with van der Waals surface area (Å²) < 4.78 is 0. The first-order valence-corrected chi connectivity index (χ1v) is 8.67. The van der Waals surface area contributed by atoms with Gasteiger partial charge in [-0.1, -0.05) is 25.5 Å². The largest absolute Gasteiger partial charge is 0.303 e. The second kappa shape index (κ2) is 5.72. The summed E-state index contributed by atoms with van der Waals surface area (Å²) in [4.78, 5) is 14.7. The smallest absolute Gasteiger partial charge is 0.158 e. The van der Waals surface area contributed by atoms with Gasteiger partial charge < -0.3 is 4.90 Å². The van der Waals surface area contributed by atoms with Gasteiger partial charge in [-0.2, -0.15) is 0 Å². The molecule has 1 saturated heterocycles. The van der Waals surface area contributed by atoms with Crippen LogP contribution in [0.25, 0.3) is 0 Å². The Morgan fingerprint density at radius 3 is 2.62 bits per heavy atom. The second-order valence-electron chi connectivity index (χ2n) is 7.65. The van der Waals surface area contributed by atoms with Crippen molar-refractivity contribution >= 4 is 5.78 Å². The van der Waals surface area contributed by atoms with E-state index in [1.165, 1.54) is 50.9 Å². The number of allylic oxidation sites excluding steroid dienone is 3. The van der Waals surface area contributed by atoms with Crippen molar-refractivity contribution in [3.63, 3.8) is 0 Å². The molecule has 1 heterocycles. The van der Waals surface area contributed by atoms with Crippen molar-refractivity contribution in [2.45, 2.75) is 59.3 Å². The van der Waals surface area contributed by atoms with E-state index in [0.29, 0.717) is 11.7 Å². The summed E-state index contributed by atoms with van der Waals surface area (Å²) in [5.74, 6) is 0.997. The predicted molar refractivity (Wildman–Crippen MR) is 87.2 cm³/mol. The highest BCUT2D eigenvalue weighted by Gasteiger charge is 2.38. The van der Waals surface area contributed by atoms with Gasteiger partial charge in [-0.15, -0.1) is 0 Å². The van der Waals surface area contributed by atoms with E-state index in [1.54, 1.807) is 5.57 Å². The lowest BCUT2D eigenvalue weighted by Gasteiger charge is -2.40. The monoisotopic (exact) mass is 287 g/mol. The molecule has 2 heteroatoms. The summed E-state index contributed by atoms with van der Waals surface area (Å²) in [7, 11) is 0. The van der Waals surface area contributed by atoms with Crippen LogP contribution in [0.1, 0.15) is 59.3 Å². The normalized spacial score (nSPS) is 32.1. The lowest BCUT2D eigenvalue weighted by Crippen LogP contribution is -2.32. The molecule has 3 aliphatic rings. The Balaban J connectivity index is 1.80. The van der Waals surface area contributed by atoms with Crippen molar-refractivity contribution in [2.75, 3.05) is 19.6 Å². The molecule has 1 fully saturated rings.